The van der Waals surface area contributed by atoms with Gasteiger partial charge in [0.2, 0.25) is 0 Å². The molecule has 0 spiro atoms. The highest BCUT2D eigenvalue weighted by Gasteiger charge is 2.18. The molecule has 0 aliphatic heterocycles. The van der Waals surface area contributed by atoms with Crippen molar-refractivity contribution in [2.45, 2.75) is 0 Å². The lowest BCUT2D eigenvalue weighted by molar-refractivity contribution is 1.63. The van der Waals surface area contributed by atoms with Crippen molar-refractivity contribution in [2.24, 2.45) is 0 Å². The molecule has 0 atom stereocenters. The highest BCUT2D eigenvalue weighted by Crippen LogP contribution is 2.47. The van der Waals surface area contributed by atoms with Crippen molar-refractivity contribution in [1.29, 1.82) is 0 Å². The Bertz CT molecular complexity index is 3070. The van der Waals surface area contributed by atoms with Crippen LogP contribution in [0, 0.1) is 0 Å². The summed E-state index contributed by atoms with van der Waals surface area (Å²) >= 11 is 3.83. The van der Waals surface area contributed by atoms with Gasteiger partial charge in [-0.05, 0) is 78.5 Å². The van der Waals surface area contributed by atoms with Crippen LogP contribution >= 0.6 is 22.7 Å². The molecule has 0 unspecified atom stereocenters. The fourth-order valence-corrected chi connectivity index (χ4v) is 10.6. The minimum absolute atomic E-state index is 1.24. The first-order valence-electron chi connectivity index (χ1n) is 17.1. The van der Waals surface area contributed by atoms with Crippen LogP contribution in [0.15, 0.2) is 170 Å². The second-order valence-corrected chi connectivity index (χ2v) is 15.3. The van der Waals surface area contributed by atoms with Crippen molar-refractivity contribution < 1.29 is 0 Å². The van der Waals surface area contributed by atoms with Crippen LogP contribution in [0.1, 0.15) is 0 Å². The molecule has 0 saturated carbocycles. The minimum atomic E-state index is 1.24. The molecule has 0 N–H and O–H groups in total. The number of hydrogen-bond donors (Lipinski definition) is 0. The normalized spacial score (nSPS) is 12.0. The predicted octanol–water partition coefficient (Wildman–Crippen LogP) is 14.9. The molecule has 11 aromatic rings. The maximum Gasteiger partial charge on any atom is 0.0440 e. The number of thiophene rings is 2. The summed E-state index contributed by atoms with van der Waals surface area (Å²) < 4.78 is 5.43. The van der Waals surface area contributed by atoms with Gasteiger partial charge < -0.3 is 0 Å². The largest absolute Gasteiger partial charge is 0.135 e. The van der Waals surface area contributed by atoms with Gasteiger partial charge in [-0.1, -0.05) is 152 Å². The molecule has 0 aliphatic carbocycles. The Hall–Kier alpha value is -5.80. The molecule has 50 heavy (non-hydrogen) atoms. The van der Waals surface area contributed by atoms with E-state index in [-0.39, 0.29) is 0 Å². The van der Waals surface area contributed by atoms with E-state index < -0.39 is 0 Å². The first-order valence-corrected chi connectivity index (χ1v) is 18.7. The third-order valence-corrected chi connectivity index (χ3v) is 12.8. The van der Waals surface area contributed by atoms with Crippen LogP contribution in [0.3, 0.4) is 0 Å². The van der Waals surface area contributed by atoms with Gasteiger partial charge >= 0.3 is 0 Å². The van der Waals surface area contributed by atoms with E-state index in [2.05, 4.69) is 170 Å². The summed E-state index contributed by atoms with van der Waals surface area (Å²) in [6.07, 6.45) is 0. The first-order chi connectivity index (χ1) is 24.8. The summed E-state index contributed by atoms with van der Waals surface area (Å²) in [7, 11) is 0. The van der Waals surface area contributed by atoms with E-state index in [4.69, 9.17) is 0 Å². The number of hydrogen-bond acceptors (Lipinski definition) is 2. The van der Waals surface area contributed by atoms with E-state index in [1.165, 1.54) is 106 Å². The summed E-state index contributed by atoms with van der Waals surface area (Å²) in [5, 5.41) is 13.3. The van der Waals surface area contributed by atoms with Crippen molar-refractivity contribution in [3.8, 4) is 33.4 Å². The van der Waals surface area contributed by atoms with E-state index in [0.29, 0.717) is 0 Å². The Morgan fingerprint density at radius 1 is 0.280 bits per heavy atom. The fraction of sp³-hybridized carbons (Fsp3) is 0. The molecule has 9 aromatic carbocycles. The first kappa shape index (κ1) is 28.1. The van der Waals surface area contributed by atoms with Crippen LogP contribution in [0.4, 0.5) is 0 Å². The third kappa shape index (κ3) is 4.10. The monoisotopic (exact) mass is 668 g/mol. The molecule has 0 amide bonds. The van der Waals surface area contributed by atoms with Crippen molar-refractivity contribution in [3.05, 3.63) is 170 Å². The second-order valence-electron chi connectivity index (χ2n) is 13.2. The van der Waals surface area contributed by atoms with Crippen molar-refractivity contribution in [2.75, 3.05) is 0 Å². The molecule has 0 bridgehead atoms. The van der Waals surface area contributed by atoms with Gasteiger partial charge in [0.05, 0.1) is 0 Å². The quantitative estimate of drug-likeness (QED) is 0.164. The molecule has 2 heteroatoms. The molecular weight excluding hydrogens is 641 g/mol. The summed E-state index contributed by atoms with van der Waals surface area (Å²) in [6.45, 7) is 0. The average Bonchev–Trinajstić information content (AvgIpc) is 3.75. The Balaban J connectivity index is 1.06. The van der Waals surface area contributed by atoms with Crippen LogP contribution in [0.25, 0.3) is 106 Å². The highest BCUT2D eigenvalue weighted by atomic mass is 32.1. The number of rotatable bonds is 3. The van der Waals surface area contributed by atoms with Crippen LogP contribution in [-0.2, 0) is 0 Å². The molecule has 2 aromatic heterocycles. The average molecular weight is 669 g/mol. The molecule has 0 nitrogen and oxygen atoms in total. The number of fused-ring (bicyclic) bond motifs is 11. The zero-order valence-electron chi connectivity index (χ0n) is 27.0. The smallest absolute Gasteiger partial charge is 0.0440 e. The fourth-order valence-electron chi connectivity index (χ4n) is 8.22. The molecule has 0 saturated heterocycles. The van der Waals surface area contributed by atoms with Crippen LogP contribution in [-0.4, -0.2) is 0 Å². The van der Waals surface area contributed by atoms with E-state index in [0.717, 1.165) is 0 Å². The van der Waals surface area contributed by atoms with Gasteiger partial charge in [0.25, 0.3) is 0 Å². The SMILES string of the molecule is c1ccc(-c2c3ccccc3c(-c3ccc(-c4ccc5c(c4)sc4ccc6ccc7c8ccccc8sc7c6c45)cc3)c3ccccc23)cc1. The Labute approximate surface area is 297 Å². The van der Waals surface area contributed by atoms with Gasteiger partial charge in [-0.3, -0.25) is 0 Å². The van der Waals surface area contributed by atoms with Crippen LogP contribution < -0.4 is 0 Å². The molecule has 0 aliphatic rings. The molecule has 11 rings (SSSR count). The Morgan fingerprint density at radius 3 is 1.52 bits per heavy atom. The zero-order chi connectivity index (χ0) is 32.8. The lowest BCUT2D eigenvalue weighted by Gasteiger charge is -2.18. The van der Waals surface area contributed by atoms with Crippen LogP contribution in [0.2, 0.25) is 0 Å². The summed E-state index contributed by atoms with van der Waals surface area (Å²) in [5.41, 5.74) is 7.57. The topological polar surface area (TPSA) is 0 Å². The van der Waals surface area contributed by atoms with E-state index in [1.54, 1.807) is 0 Å². The Morgan fingerprint density at radius 2 is 0.820 bits per heavy atom. The van der Waals surface area contributed by atoms with Crippen molar-refractivity contribution in [1.82, 2.24) is 0 Å². The Kier molecular flexibility index (Phi) is 6.09. The van der Waals surface area contributed by atoms with Gasteiger partial charge in [-0.2, -0.15) is 0 Å². The van der Waals surface area contributed by atoms with E-state index >= 15 is 0 Å². The van der Waals surface area contributed by atoms with E-state index in [9.17, 15) is 0 Å². The van der Waals surface area contributed by atoms with Gasteiger partial charge in [-0.25, -0.2) is 0 Å². The lowest BCUT2D eigenvalue weighted by Crippen LogP contribution is -1.90. The maximum atomic E-state index is 2.39. The summed E-state index contributed by atoms with van der Waals surface area (Å²) in [4.78, 5) is 0. The second kappa shape index (κ2) is 10.9. The number of benzene rings is 9. The van der Waals surface area contributed by atoms with Crippen molar-refractivity contribution in [3.63, 3.8) is 0 Å². The summed E-state index contributed by atoms with van der Waals surface area (Å²) in [5.74, 6) is 0. The van der Waals surface area contributed by atoms with Gasteiger partial charge in [0.1, 0.15) is 0 Å². The van der Waals surface area contributed by atoms with Gasteiger partial charge in [0.15, 0.2) is 0 Å². The predicted molar refractivity (Wildman–Crippen MR) is 221 cm³/mol. The van der Waals surface area contributed by atoms with Gasteiger partial charge in [0, 0.05) is 45.7 Å². The molecule has 0 fully saturated rings. The van der Waals surface area contributed by atoms with Gasteiger partial charge in [-0.15, -0.1) is 22.7 Å². The van der Waals surface area contributed by atoms with Crippen LogP contribution in [0.5, 0.6) is 0 Å². The maximum absolute atomic E-state index is 2.39. The van der Waals surface area contributed by atoms with Crippen molar-refractivity contribution >= 4 is 95.3 Å². The standard InChI is InChI=1S/C48H28S2/c1-2-10-30(11-3-1)44-35-13-4-6-15-37(35)45(38-16-7-5-14-36(38)44)31-20-18-29(19-21-31)33-23-26-40-43(28-33)49-42-27-24-32-22-25-39-34-12-8-9-17-41(34)50-48(39)46(32)47(40)42/h1-28H. The molecule has 2 heterocycles. The molecular formula is C48H28S2. The third-order valence-electron chi connectivity index (χ3n) is 10.5. The molecule has 232 valence electrons. The summed E-state index contributed by atoms with van der Waals surface area (Å²) in [6, 6.07) is 62.9. The lowest BCUT2D eigenvalue weighted by atomic mass is 9.86. The highest BCUT2D eigenvalue weighted by molar-refractivity contribution is 7.28. The zero-order valence-corrected chi connectivity index (χ0v) is 28.6. The molecule has 0 radical (unpaired) electrons. The van der Waals surface area contributed by atoms with E-state index in [1.807, 2.05) is 22.7 Å². The minimum Gasteiger partial charge on any atom is -0.135 e.